The molecular formula is C20H28N4O2S. The maximum atomic E-state index is 11.9. The molecule has 3 rings (SSSR count). The first-order chi connectivity index (χ1) is 12.6. The van der Waals surface area contributed by atoms with Crippen molar-refractivity contribution in [2.24, 2.45) is 0 Å². The van der Waals surface area contributed by atoms with Crippen molar-refractivity contribution in [1.82, 2.24) is 15.3 Å². The van der Waals surface area contributed by atoms with Crippen LogP contribution < -0.4 is 10.6 Å². The van der Waals surface area contributed by atoms with Gasteiger partial charge in [0.15, 0.2) is 0 Å². The van der Waals surface area contributed by atoms with Crippen molar-refractivity contribution in [2.45, 2.75) is 64.6 Å². The van der Waals surface area contributed by atoms with Crippen molar-refractivity contribution >= 4 is 23.3 Å². The number of esters is 1. The van der Waals surface area contributed by atoms with E-state index in [2.05, 4.69) is 48.3 Å². The standard InChI is InChI=1S/C20H28N4O2S/c1-12-9-15(27-16(12)17(25)26-6)14-7-8-21-18(23-14)22-13-10-19(2,3)24-20(4,5)11-13/h7-9,13,24H,10-11H2,1-6H3,(H,21,22,23). The van der Waals surface area contributed by atoms with E-state index in [1.54, 1.807) is 6.20 Å². The predicted molar refractivity (Wildman–Crippen MR) is 109 cm³/mol. The molecule has 0 aliphatic carbocycles. The molecule has 0 unspecified atom stereocenters. The molecule has 0 amide bonds. The Morgan fingerprint density at radius 1 is 1.30 bits per heavy atom. The van der Waals surface area contributed by atoms with E-state index < -0.39 is 0 Å². The molecule has 0 bridgehead atoms. The number of thiophene rings is 1. The summed E-state index contributed by atoms with van der Waals surface area (Å²) in [7, 11) is 1.40. The summed E-state index contributed by atoms with van der Waals surface area (Å²) in [6.07, 6.45) is 3.75. The van der Waals surface area contributed by atoms with Gasteiger partial charge in [-0.1, -0.05) is 0 Å². The zero-order chi connectivity index (χ0) is 19.8. The van der Waals surface area contributed by atoms with E-state index in [0.717, 1.165) is 29.0 Å². The van der Waals surface area contributed by atoms with Gasteiger partial charge in [0.25, 0.3) is 0 Å². The summed E-state index contributed by atoms with van der Waals surface area (Å²) in [5, 5.41) is 7.20. The molecule has 0 saturated carbocycles. The quantitative estimate of drug-likeness (QED) is 0.771. The lowest BCUT2D eigenvalue weighted by molar-refractivity contribution is 0.0605. The van der Waals surface area contributed by atoms with Crippen molar-refractivity contribution in [3.63, 3.8) is 0 Å². The molecule has 0 aromatic carbocycles. The van der Waals surface area contributed by atoms with Gasteiger partial charge < -0.3 is 15.4 Å². The molecule has 6 nitrogen and oxygen atoms in total. The monoisotopic (exact) mass is 388 g/mol. The van der Waals surface area contributed by atoms with Gasteiger partial charge in [0.05, 0.1) is 17.7 Å². The molecule has 3 heterocycles. The number of piperidine rings is 1. The van der Waals surface area contributed by atoms with Crippen LogP contribution in [0.1, 0.15) is 55.8 Å². The lowest BCUT2D eigenvalue weighted by Crippen LogP contribution is -2.60. The molecule has 2 aromatic rings. The number of hydrogen-bond donors (Lipinski definition) is 2. The second-order valence-corrected chi connectivity index (χ2v) is 9.57. The first-order valence-corrected chi connectivity index (χ1v) is 9.98. The summed E-state index contributed by atoms with van der Waals surface area (Å²) in [5.74, 6) is 0.312. The molecule has 2 N–H and O–H groups in total. The number of carbonyl (C=O) groups excluding carboxylic acids is 1. The minimum atomic E-state index is -0.310. The number of aromatic nitrogens is 2. The van der Waals surface area contributed by atoms with Gasteiger partial charge >= 0.3 is 5.97 Å². The first kappa shape index (κ1) is 19.8. The summed E-state index contributed by atoms with van der Waals surface area (Å²) < 4.78 is 4.85. The van der Waals surface area contributed by atoms with Crippen molar-refractivity contribution in [1.29, 1.82) is 0 Å². The van der Waals surface area contributed by atoms with Crippen LogP contribution in [-0.2, 0) is 4.74 Å². The maximum Gasteiger partial charge on any atom is 0.348 e. The third-order valence-corrected chi connectivity index (χ3v) is 5.96. The van der Waals surface area contributed by atoms with Crippen molar-refractivity contribution < 1.29 is 9.53 Å². The maximum absolute atomic E-state index is 11.9. The summed E-state index contributed by atoms with van der Waals surface area (Å²) in [4.78, 5) is 22.5. The number of methoxy groups -OCH3 is 1. The van der Waals surface area contributed by atoms with Crippen molar-refractivity contribution in [3.8, 4) is 10.6 Å². The fourth-order valence-electron chi connectivity index (χ4n) is 4.08. The molecule has 1 saturated heterocycles. The van der Waals surface area contributed by atoms with Crippen LogP contribution in [0.3, 0.4) is 0 Å². The van der Waals surface area contributed by atoms with Gasteiger partial charge in [0.2, 0.25) is 5.95 Å². The Labute approximate surface area is 164 Å². The zero-order valence-electron chi connectivity index (χ0n) is 16.8. The lowest BCUT2D eigenvalue weighted by Gasteiger charge is -2.46. The molecule has 27 heavy (non-hydrogen) atoms. The topological polar surface area (TPSA) is 76.1 Å². The van der Waals surface area contributed by atoms with Crippen LogP contribution in [0.4, 0.5) is 5.95 Å². The minimum absolute atomic E-state index is 0.0529. The number of ether oxygens (including phenoxy) is 1. The number of hydrogen-bond acceptors (Lipinski definition) is 7. The van der Waals surface area contributed by atoms with Crippen LogP contribution >= 0.6 is 11.3 Å². The van der Waals surface area contributed by atoms with E-state index in [1.165, 1.54) is 18.4 Å². The number of anilines is 1. The van der Waals surface area contributed by atoms with Gasteiger partial charge in [-0.3, -0.25) is 0 Å². The molecule has 0 spiro atoms. The van der Waals surface area contributed by atoms with E-state index in [4.69, 9.17) is 4.74 Å². The molecule has 1 fully saturated rings. The molecule has 1 aliphatic rings. The van der Waals surface area contributed by atoms with E-state index >= 15 is 0 Å². The lowest BCUT2D eigenvalue weighted by atomic mass is 9.80. The molecule has 7 heteroatoms. The second-order valence-electron chi connectivity index (χ2n) is 8.52. The number of carbonyl (C=O) groups is 1. The summed E-state index contributed by atoms with van der Waals surface area (Å²) in [6.45, 7) is 10.8. The van der Waals surface area contributed by atoms with E-state index in [1.807, 2.05) is 19.1 Å². The molecule has 1 aliphatic heterocycles. The molecule has 0 atom stereocenters. The Bertz CT molecular complexity index is 828. The average molecular weight is 389 g/mol. The molecule has 2 aromatic heterocycles. The van der Waals surface area contributed by atoms with Crippen LogP contribution in [0.25, 0.3) is 10.6 Å². The Kier molecular flexibility index (Phi) is 5.27. The van der Waals surface area contributed by atoms with Crippen LogP contribution in [0, 0.1) is 6.92 Å². The second kappa shape index (κ2) is 7.20. The third kappa shape index (κ3) is 4.65. The van der Waals surface area contributed by atoms with Gasteiger partial charge in [0, 0.05) is 23.3 Å². The number of nitrogens with zero attached hydrogens (tertiary/aromatic N) is 2. The normalized spacial score (nSPS) is 18.9. The average Bonchev–Trinajstić information content (AvgIpc) is 2.93. The summed E-state index contributed by atoms with van der Waals surface area (Å²) in [6, 6.07) is 4.13. The highest BCUT2D eigenvalue weighted by molar-refractivity contribution is 7.17. The Morgan fingerprint density at radius 2 is 1.96 bits per heavy atom. The third-order valence-electron chi connectivity index (χ3n) is 4.72. The highest BCUT2D eigenvalue weighted by Gasteiger charge is 2.37. The van der Waals surface area contributed by atoms with Crippen molar-refractivity contribution in [2.75, 3.05) is 12.4 Å². The highest BCUT2D eigenvalue weighted by Crippen LogP contribution is 2.32. The van der Waals surface area contributed by atoms with Gasteiger partial charge in [-0.05, 0) is 65.2 Å². The summed E-state index contributed by atoms with van der Waals surface area (Å²) >= 11 is 1.40. The smallest absolute Gasteiger partial charge is 0.348 e. The fourth-order valence-corrected chi connectivity index (χ4v) is 5.14. The number of nitrogens with one attached hydrogen (secondary N) is 2. The van der Waals surface area contributed by atoms with E-state index in [9.17, 15) is 4.79 Å². The molecule has 0 radical (unpaired) electrons. The Hall–Kier alpha value is -1.99. The minimum Gasteiger partial charge on any atom is -0.465 e. The van der Waals surface area contributed by atoms with Gasteiger partial charge in [-0.2, -0.15) is 0 Å². The number of aryl methyl sites for hydroxylation is 1. The van der Waals surface area contributed by atoms with Crippen LogP contribution in [0.5, 0.6) is 0 Å². The SMILES string of the molecule is COC(=O)c1sc(-c2ccnc(NC3CC(C)(C)NC(C)(C)C3)n2)cc1C. The van der Waals surface area contributed by atoms with E-state index in [0.29, 0.717) is 16.9 Å². The largest absolute Gasteiger partial charge is 0.465 e. The van der Waals surface area contributed by atoms with Gasteiger partial charge in [0.1, 0.15) is 4.88 Å². The molecular weight excluding hydrogens is 360 g/mol. The van der Waals surface area contributed by atoms with Crippen LogP contribution in [0.2, 0.25) is 0 Å². The number of rotatable bonds is 4. The Morgan fingerprint density at radius 3 is 2.59 bits per heavy atom. The first-order valence-electron chi connectivity index (χ1n) is 9.17. The molecule has 146 valence electrons. The van der Waals surface area contributed by atoms with Crippen LogP contribution in [0.15, 0.2) is 18.3 Å². The summed E-state index contributed by atoms with van der Waals surface area (Å²) in [5.41, 5.74) is 1.81. The van der Waals surface area contributed by atoms with Gasteiger partial charge in [-0.25, -0.2) is 14.8 Å². The Balaban J connectivity index is 1.81. The fraction of sp³-hybridized carbons (Fsp3) is 0.550. The van der Waals surface area contributed by atoms with Crippen LogP contribution in [-0.4, -0.2) is 40.2 Å². The zero-order valence-corrected chi connectivity index (χ0v) is 17.7. The van der Waals surface area contributed by atoms with Crippen molar-refractivity contribution in [3.05, 3.63) is 28.8 Å². The van der Waals surface area contributed by atoms with E-state index in [-0.39, 0.29) is 17.0 Å². The van der Waals surface area contributed by atoms with Gasteiger partial charge in [-0.15, -0.1) is 11.3 Å². The predicted octanol–water partition coefficient (Wildman–Crippen LogP) is 4.02. The highest BCUT2D eigenvalue weighted by atomic mass is 32.1.